The van der Waals surface area contributed by atoms with Crippen molar-refractivity contribution in [2.75, 3.05) is 19.5 Å². The normalized spacial score (nSPS) is 10.9. The maximum Gasteiger partial charge on any atom is 0.230 e. The third-order valence-electron chi connectivity index (χ3n) is 4.51. The molecule has 1 N–H and O–H groups in total. The molecule has 0 saturated carbocycles. The van der Waals surface area contributed by atoms with E-state index >= 15 is 0 Å². The van der Waals surface area contributed by atoms with Gasteiger partial charge in [-0.3, -0.25) is 9.20 Å². The Balaban J connectivity index is 1.57. The van der Waals surface area contributed by atoms with Gasteiger partial charge in [-0.2, -0.15) is 0 Å². The van der Waals surface area contributed by atoms with E-state index in [0.29, 0.717) is 27.8 Å². The Hall–Kier alpha value is -3.46. The van der Waals surface area contributed by atoms with Crippen molar-refractivity contribution < 1.29 is 23.0 Å². The molecule has 4 aromatic rings. The second kappa shape index (κ2) is 8.11. The van der Waals surface area contributed by atoms with Gasteiger partial charge in [-0.15, -0.1) is 11.3 Å². The van der Waals surface area contributed by atoms with Gasteiger partial charge in [0, 0.05) is 28.9 Å². The van der Waals surface area contributed by atoms with E-state index < -0.39 is 17.5 Å². The predicted molar refractivity (Wildman–Crippen MR) is 110 cm³/mol. The minimum Gasteiger partial charge on any atom is -0.493 e. The molecule has 4 rings (SSSR count). The average Bonchev–Trinajstić information content (AvgIpc) is 3.32. The fourth-order valence-electron chi connectivity index (χ4n) is 3.04. The molecule has 0 atom stereocenters. The fraction of sp³-hybridized carbons (Fsp3) is 0.143. The molecule has 0 spiro atoms. The maximum absolute atomic E-state index is 13.8. The Morgan fingerprint density at radius 3 is 2.70 bits per heavy atom. The fourth-order valence-corrected chi connectivity index (χ4v) is 3.92. The second-order valence-corrected chi connectivity index (χ2v) is 7.26. The molecule has 0 saturated heterocycles. The number of carbonyl (C=O) groups is 1. The van der Waals surface area contributed by atoms with Gasteiger partial charge in [0.1, 0.15) is 11.6 Å². The van der Waals surface area contributed by atoms with Crippen LogP contribution in [0.5, 0.6) is 11.5 Å². The van der Waals surface area contributed by atoms with Gasteiger partial charge in [0.15, 0.2) is 16.5 Å². The number of hydrogen-bond donors (Lipinski definition) is 1. The summed E-state index contributed by atoms with van der Waals surface area (Å²) in [6, 6.07) is 8.40. The lowest BCUT2D eigenvalue weighted by molar-refractivity contribution is -0.115. The number of imidazole rings is 1. The Labute approximate surface area is 174 Å². The van der Waals surface area contributed by atoms with Crippen molar-refractivity contribution in [2.24, 2.45) is 0 Å². The zero-order chi connectivity index (χ0) is 21.3. The van der Waals surface area contributed by atoms with Gasteiger partial charge in [-0.1, -0.05) is 0 Å². The summed E-state index contributed by atoms with van der Waals surface area (Å²) in [4.78, 5) is 17.7. The number of benzene rings is 2. The van der Waals surface area contributed by atoms with Crippen LogP contribution in [-0.4, -0.2) is 29.5 Å². The van der Waals surface area contributed by atoms with Crippen molar-refractivity contribution >= 4 is 27.9 Å². The number of thiazole rings is 1. The Kier molecular flexibility index (Phi) is 5.37. The highest BCUT2D eigenvalue weighted by Crippen LogP contribution is 2.32. The van der Waals surface area contributed by atoms with Gasteiger partial charge in [0.2, 0.25) is 5.91 Å². The molecular formula is C21H17F2N3O3S. The van der Waals surface area contributed by atoms with Crippen molar-refractivity contribution in [3.05, 3.63) is 65.3 Å². The maximum atomic E-state index is 13.8. The summed E-state index contributed by atoms with van der Waals surface area (Å²) < 4.78 is 39.5. The molecule has 0 fully saturated rings. The van der Waals surface area contributed by atoms with E-state index in [9.17, 15) is 13.6 Å². The quantitative estimate of drug-likeness (QED) is 0.489. The van der Waals surface area contributed by atoms with Crippen LogP contribution >= 0.6 is 11.3 Å². The summed E-state index contributed by atoms with van der Waals surface area (Å²) in [6.45, 7) is 0. The standard InChI is InChI=1S/C21H17F2N3O3S/c1-28-18-6-3-12(7-19(18)29-2)17-10-26-14(11-30-21(26)25-17)9-20(27)24-16-8-13(22)4-5-15(16)23/h3-8,10-11H,9H2,1-2H3,(H,24,27). The first kappa shape index (κ1) is 19.8. The highest BCUT2D eigenvalue weighted by molar-refractivity contribution is 7.15. The van der Waals surface area contributed by atoms with E-state index in [2.05, 4.69) is 10.3 Å². The number of aromatic nitrogens is 2. The minimum atomic E-state index is -0.696. The predicted octanol–water partition coefficient (Wildman–Crippen LogP) is 4.54. The minimum absolute atomic E-state index is 0.0162. The van der Waals surface area contributed by atoms with Crippen molar-refractivity contribution in [1.82, 2.24) is 9.38 Å². The Bertz CT molecular complexity index is 1240. The Morgan fingerprint density at radius 2 is 1.93 bits per heavy atom. The van der Waals surface area contributed by atoms with E-state index in [4.69, 9.17) is 9.47 Å². The Morgan fingerprint density at radius 1 is 1.13 bits per heavy atom. The largest absolute Gasteiger partial charge is 0.493 e. The number of anilines is 1. The SMILES string of the molecule is COc1ccc(-c2cn3c(CC(=O)Nc4cc(F)ccc4F)csc3n2)cc1OC. The van der Waals surface area contributed by atoms with Crippen LogP contribution in [0.2, 0.25) is 0 Å². The lowest BCUT2D eigenvalue weighted by Gasteiger charge is -2.08. The third-order valence-corrected chi connectivity index (χ3v) is 5.40. The van der Waals surface area contributed by atoms with Crippen LogP contribution in [0.4, 0.5) is 14.5 Å². The first-order valence-corrected chi connectivity index (χ1v) is 9.79. The number of ether oxygens (including phenoxy) is 2. The first-order chi connectivity index (χ1) is 14.5. The molecule has 154 valence electrons. The molecule has 0 radical (unpaired) electrons. The number of hydrogen-bond acceptors (Lipinski definition) is 5. The number of rotatable bonds is 6. The molecule has 0 aliphatic carbocycles. The zero-order valence-electron chi connectivity index (χ0n) is 16.1. The highest BCUT2D eigenvalue weighted by atomic mass is 32.1. The molecule has 2 aromatic heterocycles. The van der Waals surface area contributed by atoms with Gasteiger partial charge >= 0.3 is 0 Å². The lowest BCUT2D eigenvalue weighted by Crippen LogP contribution is -2.16. The van der Waals surface area contributed by atoms with Crippen LogP contribution < -0.4 is 14.8 Å². The third kappa shape index (κ3) is 3.84. The van der Waals surface area contributed by atoms with Crippen molar-refractivity contribution in [3.63, 3.8) is 0 Å². The topological polar surface area (TPSA) is 64.9 Å². The molecule has 0 bridgehead atoms. The number of carbonyl (C=O) groups excluding carboxylic acids is 1. The first-order valence-electron chi connectivity index (χ1n) is 8.91. The summed E-state index contributed by atoms with van der Waals surface area (Å²) in [5.74, 6) is -0.578. The highest BCUT2D eigenvalue weighted by Gasteiger charge is 2.15. The van der Waals surface area contributed by atoms with Crippen LogP contribution in [0.15, 0.2) is 48.0 Å². The van der Waals surface area contributed by atoms with Crippen LogP contribution in [0.1, 0.15) is 5.69 Å². The molecule has 2 aromatic carbocycles. The van der Waals surface area contributed by atoms with Gasteiger partial charge in [-0.05, 0) is 30.3 Å². The van der Waals surface area contributed by atoms with Gasteiger partial charge in [0.25, 0.3) is 0 Å². The molecule has 6 nitrogen and oxygen atoms in total. The lowest BCUT2D eigenvalue weighted by atomic mass is 10.1. The number of halogens is 2. The van der Waals surface area contributed by atoms with Gasteiger partial charge < -0.3 is 14.8 Å². The van der Waals surface area contributed by atoms with Crippen LogP contribution in [0.25, 0.3) is 16.2 Å². The van der Waals surface area contributed by atoms with Crippen LogP contribution in [0, 0.1) is 11.6 Å². The van der Waals surface area contributed by atoms with Crippen molar-refractivity contribution in [1.29, 1.82) is 0 Å². The summed E-state index contributed by atoms with van der Waals surface area (Å²) >= 11 is 1.38. The zero-order valence-corrected chi connectivity index (χ0v) is 16.9. The van der Waals surface area contributed by atoms with E-state index in [0.717, 1.165) is 23.8 Å². The molecule has 0 aliphatic rings. The molecular weight excluding hydrogens is 412 g/mol. The molecule has 2 heterocycles. The second-order valence-electron chi connectivity index (χ2n) is 6.42. The summed E-state index contributed by atoms with van der Waals surface area (Å²) in [5.41, 5.74) is 2.04. The summed E-state index contributed by atoms with van der Waals surface area (Å²) in [5, 5.41) is 4.21. The number of methoxy groups -OCH3 is 2. The van der Waals surface area contributed by atoms with Crippen LogP contribution in [0.3, 0.4) is 0 Å². The molecule has 30 heavy (non-hydrogen) atoms. The van der Waals surface area contributed by atoms with E-state index in [1.165, 1.54) is 11.3 Å². The smallest absolute Gasteiger partial charge is 0.230 e. The number of nitrogens with zero attached hydrogens (tertiary/aromatic N) is 2. The molecule has 9 heteroatoms. The van der Waals surface area contributed by atoms with E-state index in [1.54, 1.807) is 24.7 Å². The van der Waals surface area contributed by atoms with Crippen LogP contribution in [-0.2, 0) is 11.2 Å². The molecule has 0 unspecified atom stereocenters. The van der Waals surface area contributed by atoms with E-state index in [1.807, 2.05) is 23.7 Å². The summed E-state index contributed by atoms with van der Waals surface area (Å²) in [7, 11) is 3.13. The molecule has 0 aliphatic heterocycles. The van der Waals surface area contributed by atoms with Crippen molar-refractivity contribution in [2.45, 2.75) is 6.42 Å². The van der Waals surface area contributed by atoms with Gasteiger partial charge in [-0.25, -0.2) is 13.8 Å². The van der Waals surface area contributed by atoms with Crippen molar-refractivity contribution in [3.8, 4) is 22.8 Å². The number of nitrogens with one attached hydrogen (secondary N) is 1. The summed E-state index contributed by atoms with van der Waals surface area (Å²) in [6.07, 6.45) is 1.80. The molecule has 1 amide bonds. The van der Waals surface area contributed by atoms with Gasteiger partial charge in [0.05, 0.1) is 32.0 Å². The van der Waals surface area contributed by atoms with E-state index in [-0.39, 0.29) is 12.1 Å². The monoisotopic (exact) mass is 429 g/mol. The average molecular weight is 429 g/mol. The number of fused-ring (bicyclic) bond motifs is 1. The number of amides is 1.